The predicted octanol–water partition coefficient (Wildman–Crippen LogP) is 4.28. The molecule has 0 aliphatic rings. The molecule has 2 atom stereocenters. The van der Waals surface area contributed by atoms with Gasteiger partial charge in [-0.1, -0.05) is 55.3 Å². The number of carbonyl (C=O) groups excluding carboxylic acids is 2. The van der Waals surface area contributed by atoms with Gasteiger partial charge in [-0.25, -0.2) is 12.8 Å². The molecule has 0 bridgehead atoms. The van der Waals surface area contributed by atoms with Crippen LogP contribution in [-0.2, 0) is 26.2 Å². The zero-order valence-corrected chi connectivity index (χ0v) is 22.3. The van der Waals surface area contributed by atoms with E-state index in [1.165, 1.54) is 11.0 Å². The molecule has 2 aromatic rings. The van der Waals surface area contributed by atoms with E-state index in [1.54, 1.807) is 6.92 Å². The number of hydrogen-bond donors (Lipinski definition) is 1. The Bertz CT molecular complexity index is 1160. The molecular formula is C25H33ClFN3O4S. The van der Waals surface area contributed by atoms with Crippen LogP contribution in [0.4, 0.5) is 10.1 Å². The minimum Gasteiger partial charge on any atom is -0.352 e. The lowest BCUT2D eigenvalue weighted by Crippen LogP contribution is -2.53. The molecule has 35 heavy (non-hydrogen) atoms. The van der Waals surface area contributed by atoms with Crippen molar-refractivity contribution in [3.63, 3.8) is 0 Å². The van der Waals surface area contributed by atoms with Crippen LogP contribution in [0.15, 0.2) is 42.5 Å². The zero-order chi connectivity index (χ0) is 26.3. The minimum absolute atomic E-state index is 0.0554. The summed E-state index contributed by atoms with van der Waals surface area (Å²) in [5, 5.41) is 2.65. The Balaban J connectivity index is 2.46. The van der Waals surface area contributed by atoms with Gasteiger partial charge >= 0.3 is 0 Å². The Labute approximate surface area is 212 Å². The maximum atomic E-state index is 13.7. The van der Waals surface area contributed by atoms with E-state index >= 15 is 0 Å². The Kier molecular flexibility index (Phi) is 10.1. The van der Waals surface area contributed by atoms with Crippen molar-refractivity contribution in [2.24, 2.45) is 0 Å². The maximum Gasteiger partial charge on any atom is 0.244 e. The molecule has 0 fully saturated rings. The van der Waals surface area contributed by atoms with Gasteiger partial charge in [0.1, 0.15) is 18.4 Å². The predicted molar refractivity (Wildman–Crippen MR) is 137 cm³/mol. The van der Waals surface area contributed by atoms with Crippen LogP contribution in [0.5, 0.6) is 0 Å². The van der Waals surface area contributed by atoms with Crippen LogP contribution in [0.1, 0.15) is 44.7 Å². The molecule has 10 heteroatoms. The van der Waals surface area contributed by atoms with Gasteiger partial charge in [-0.05, 0) is 50.5 Å². The first kappa shape index (κ1) is 28.6. The number of carbonyl (C=O) groups is 2. The zero-order valence-electron chi connectivity index (χ0n) is 20.7. The Hall–Kier alpha value is -2.65. The van der Waals surface area contributed by atoms with Gasteiger partial charge in [0.2, 0.25) is 21.8 Å². The van der Waals surface area contributed by atoms with Crippen molar-refractivity contribution in [3.8, 4) is 0 Å². The number of hydrogen-bond acceptors (Lipinski definition) is 4. The highest BCUT2D eigenvalue weighted by Crippen LogP contribution is 2.25. The second kappa shape index (κ2) is 12.4. The molecule has 2 unspecified atom stereocenters. The van der Waals surface area contributed by atoms with Crippen LogP contribution in [-0.4, -0.2) is 50.0 Å². The lowest BCUT2D eigenvalue weighted by Gasteiger charge is -2.33. The monoisotopic (exact) mass is 525 g/mol. The number of anilines is 1. The number of nitrogens with zero attached hydrogens (tertiary/aromatic N) is 2. The molecular weight excluding hydrogens is 493 g/mol. The summed E-state index contributed by atoms with van der Waals surface area (Å²) in [4.78, 5) is 28.1. The quantitative estimate of drug-likeness (QED) is 0.474. The van der Waals surface area contributed by atoms with Crippen LogP contribution in [0.25, 0.3) is 0 Å². The van der Waals surface area contributed by atoms with Crippen molar-refractivity contribution in [2.75, 3.05) is 17.1 Å². The summed E-state index contributed by atoms with van der Waals surface area (Å²) < 4.78 is 39.7. The van der Waals surface area contributed by atoms with Gasteiger partial charge in [-0.2, -0.15) is 0 Å². The second-order valence-electron chi connectivity index (χ2n) is 8.62. The number of sulfonamides is 1. The number of nitrogens with one attached hydrogen (secondary N) is 1. The van der Waals surface area contributed by atoms with E-state index in [9.17, 15) is 22.4 Å². The summed E-state index contributed by atoms with van der Waals surface area (Å²) in [6.07, 6.45) is 2.01. The summed E-state index contributed by atoms with van der Waals surface area (Å²) in [5.74, 6) is -1.58. The number of amides is 2. The highest BCUT2D eigenvalue weighted by Gasteiger charge is 2.32. The van der Waals surface area contributed by atoms with E-state index < -0.39 is 34.3 Å². The van der Waals surface area contributed by atoms with E-state index in [2.05, 4.69) is 5.32 Å². The molecule has 0 spiro atoms. The molecule has 2 aromatic carbocycles. The van der Waals surface area contributed by atoms with Gasteiger partial charge in [0.25, 0.3) is 0 Å². The SMILES string of the molecule is CCC(C)NC(=O)C(CC)N(Cc1cccc(C)c1)C(=O)CN(c1ccc(F)c(Cl)c1)S(C)(=O)=O. The molecule has 2 rings (SSSR count). The second-order valence-corrected chi connectivity index (χ2v) is 10.9. The van der Waals surface area contributed by atoms with Crippen LogP contribution in [0.2, 0.25) is 5.02 Å². The average Bonchev–Trinajstić information content (AvgIpc) is 2.78. The van der Waals surface area contributed by atoms with Crippen LogP contribution < -0.4 is 9.62 Å². The highest BCUT2D eigenvalue weighted by atomic mass is 35.5. The van der Waals surface area contributed by atoms with E-state index in [0.29, 0.717) is 6.42 Å². The van der Waals surface area contributed by atoms with Gasteiger partial charge < -0.3 is 10.2 Å². The summed E-state index contributed by atoms with van der Waals surface area (Å²) >= 11 is 5.86. The van der Waals surface area contributed by atoms with E-state index in [-0.39, 0.29) is 29.2 Å². The Morgan fingerprint density at radius 2 is 1.80 bits per heavy atom. The van der Waals surface area contributed by atoms with Crippen molar-refractivity contribution < 1.29 is 22.4 Å². The van der Waals surface area contributed by atoms with Crippen molar-refractivity contribution in [3.05, 3.63) is 64.4 Å². The van der Waals surface area contributed by atoms with Gasteiger partial charge in [0, 0.05) is 12.6 Å². The number of rotatable bonds is 11. The van der Waals surface area contributed by atoms with E-state index in [4.69, 9.17) is 11.6 Å². The summed E-state index contributed by atoms with van der Waals surface area (Å²) in [6, 6.07) is 10.1. The standard InChI is InChI=1S/C25H33ClFN3O4S/c1-6-18(4)28-25(32)23(7-2)29(15-19-10-8-9-17(3)13-19)24(31)16-30(35(5,33)34)20-11-12-22(27)21(26)14-20/h8-14,18,23H,6-7,15-16H2,1-5H3,(H,28,32). The summed E-state index contributed by atoms with van der Waals surface area (Å²) in [7, 11) is -3.93. The van der Waals surface area contributed by atoms with Crippen molar-refractivity contribution >= 4 is 39.1 Å². The smallest absolute Gasteiger partial charge is 0.244 e. The average molecular weight is 526 g/mol. The van der Waals surface area contributed by atoms with Crippen molar-refractivity contribution in [1.82, 2.24) is 10.2 Å². The summed E-state index contributed by atoms with van der Waals surface area (Å²) in [5.41, 5.74) is 1.86. The van der Waals surface area contributed by atoms with Gasteiger partial charge in [-0.15, -0.1) is 0 Å². The van der Waals surface area contributed by atoms with E-state index in [1.807, 2.05) is 45.0 Å². The van der Waals surface area contributed by atoms with Crippen LogP contribution in [0.3, 0.4) is 0 Å². The molecule has 0 radical (unpaired) electrons. The maximum absolute atomic E-state index is 13.7. The molecule has 2 amide bonds. The Morgan fingerprint density at radius 3 is 2.34 bits per heavy atom. The van der Waals surface area contributed by atoms with Gasteiger partial charge in [-0.3, -0.25) is 13.9 Å². The third kappa shape index (κ3) is 7.93. The van der Waals surface area contributed by atoms with Crippen molar-refractivity contribution in [1.29, 1.82) is 0 Å². The minimum atomic E-state index is -3.93. The van der Waals surface area contributed by atoms with Crippen molar-refractivity contribution in [2.45, 2.75) is 59.2 Å². The number of benzene rings is 2. The first-order valence-electron chi connectivity index (χ1n) is 11.5. The number of halogens is 2. The van der Waals surface area contributed by atoms with E-state index in [0.717, 1.165) is 40.2 Å². The molecule has 0 saturated carbocycles. The number of aryl methyl sites for hydroxylation is 1. The fourth-order valence-corrected chi connectivity index (χ4v) is 4.64. The topological polar surface area (TPSA) is 86.8 Å². The molecule has 0 aliphatic heterocycles. The Morgan fingerprint density at radius 1 is 1.11 bits per heavy atom. The normalized spacial score (nSPS) is 13.1. The van der Waals surface area contributed by atoms with Crippen LogP contribution in [0, 0.1) is 12.7 Å². The first-order chi connectivity index (χ1) is 16.4. The van der Waals surface area contributed by atoms with Crippen LogP contribution >= 0.6 is 11.6 Å². The molecule has 0 aromatic heterocycles. The molecule has 0 saturated heterocycles. The lowest BCUT2D eigenvalue weighted by atomic mass is 10.1. The van der Waals surface area contributed by atoms with Gasteiger partial charge in [0.05, 0.1) is 17.0 Å². The fourth-order valence-electron chi connectivity index (χ4n) is 3.62. The molecule has 0 heterocycles. The molecule has 7 nitrogen and oxygen atoms in total. The highest BCUT2D eigenvalue weighted by molar-refractivity contribution is 7.92. The fraction of sp³-hybridized carbons (Fsp3) is 0.440. The van der Waals surface area contributed by atoms with Gasteiger partial charge in [0.15, 0.2) is 0 Å². The first-order valence-corrected chi connectivity index (χ1v) is 13.7. The lowest BCUT2D eigenvalue weighted by molar-refractivity contribution is -0.140. The molecule has 192 valence electrons. The third-order valence-corrected chi connectivity index (χ3v) is 7.12. The molecule has 1 N–H and O–H groups in total. The largest absolute Gasteiger partial charge is 0.352 e. The molecule has 0 aliphatic carbocycles. The summed E-state index contributed by atoms with van der Waals surface area (Å²) in [6.45, 7) is 7.09. The third-order valence-electron chi connectivity index (χ3n) is 5.69.